The summed E-state index contributed by atoms with van der Waals surface area (Å²) in [6.07, 6.45) is 1.55. The molecule has 0 aliphatic carbocycles. The Hall–Kier alpha value is -1.79. The van der Waals surface area contributed by atoms with Crippen LogP contribution in [0, 0.1) is 13.8 Å². The van der Waals surface area contributed by atoms with Crippen molar-refractivity contribution in [1.29, 1.82) is 0 Å². The van der Waals surface area contributed by atoms with Crippen LogP contribution in [0.3, 0.4) is 0 Å². The van der Waals surface area contributed by atoms with Crippen LogP contribution < -0.4 is 5.56 Å². The Balaban J connectivity index is 2.42. The van der Waals surface area contributed by atoms with Crippen molar-refractivity contribution in [1.82, 2.24) is 14.5 Å². The molecule has 0 bridgehead atoms. The van der Waals surface area contributed by atoms with Gasteiger partial charge in [0.1, 0.15) is 22.6 Å². The number of aromatic nitrogens is 3. The minimum Gasteiger partial charge on any atom is -0.361 e. The number of rotatable bonds is 3. The molecule has 20 heavy (non-hydrogen) atoms. The molecule has 0 saturated heterocycles. The summed E-state index contributed by atoms with van der Waals surface area (Å²) >= 11 is 1.40. The molecule has 0 fully saturated rings. The fraction of sp³-hybridized carbons (Fsp3) is 0.357. The van der Waals surface area contributed by atoms with Gasteiger partial charge in [0.25, 0.3) is 5.56 Å². The van der Waals surface area contributed by atoms with Crippen molar-refractivity contribution in [3.05, 3.63) is 34.0 Å². The molecule has 0 aromatic carbocycles. The summed E-state index contributed by atoms with van der Waals surface area (Å²) in [5.41, 5.74) is 2.75. The van der Waals surface area contributed by atoms with E-state index in [0.717, 1.165) is 27.0 Å². The molecule has 3 rings (SSSR count). The van der Waals surface area contributed by atoms with Crippen LogP contribution in [-0.2, 0) is 11.5 Å². The normalized spacial score (nSPS) is 11.6. The highest BCUT2D eigenvalue weighted by Gasteiger charge is 2.15. The topological polar surface area (TPSA) is 57.0 Å². The van der Waals surface area contributed by atoms with E-state index in [0.29, 0.717) is 18.0 Å². The predicted molar refractivity (Wildman–Crippen MR) is 80.3 cm³/mol. The number of thiophene rings is 1. The molecule has 0 aliphatic rings. The summed E-state index contributed by atoms with van der Waals surface area (Å²) in [6.45, 7) is 6.95. The second-order valence-corrected chi connectivity index (χ2v) is 5.68. The molecular weight excluding hydrogens is 274 g/mol. The van der Waals surface area contributed by atoms with Gasteiger partial charge in [-0.05, 0) is 32.4 Å². The largest absolute Gasteiger partial charge is 0.361 e. The van der Waals surface area contributed by atoms with Gasteiger partial charge >= 0.3 is 0 Å². The van der Waals surface area contributed by atoms with Gasteiger partial charge in [-0.25, -0.2) is 4.98 Å². The average molecular weight is 289 g/mol. The summed E-state index contributed by atoms with van der Waals surface area (Å²) in [6, 6.07) is 2.03. The first-order valence-electron chi connectivity index (χ1n) is 6.45. The zero-order valence-electron chi connectivity index (χ0n) is 11.6. The Labute approximate surface area is 119 Å². The molecule has 3 heterocycles. The lowest BCUT2D eigenvalue weighted by Gasteiger charge is -2.08. The lowest BCUT2D eigenvalue weighted by molar-refractivity contribution is 0.0899. The molecule has 3 aromatic heterocycles. The van der Waals surface area contributed by atoms with E-state index < -0.39 is 0 Å². The van der Waals surface area contributed by atoms with E-state index in [2.05, 4.69) is 9.97 Å². The van der Waals surface area contributed by atoms with Crippen molar-refractivity contribution in [3.63, 3.8) is 0 Å². The molecule has 0 spiro atoms. The van der Waals surface area contributed by atoms with Gasteiger partial charge in [-0.1, -0.05) is 0 Å². The summed E-state index contributed by atoms with van der Waals surface area (Å²) in [7, 11) is 0. The highest BCUT2D eigenvalue weighted by Crippen LogP contribution is 2.32. The molecule has 0 radical (unpaired) electrons. The molecule has 0 aliphatic heterocycles. The van der Waals surface area contributed by atoms with Crippen molar-refractivity contribution in [2.24, 2.45) is 0 Å². The zero-order valence-corrected chi connectivity index (χ0v) is 12.5. The van der Waals surface area contributed by atoms with Crippen molar-refractivity contribution in [2.75, 3.05) is 6.61 Å². The number of fused-ring (bicyclic) bond motifs is 3. The number of pyridine rings is 1. The van der Waals surface area contributed by atoms with E-state index in [4.69, 9.17) is 4.74 Å². The summed E-state index contributed by atoms with van der Waals surface area (Å²) in [4.78, 5) is 21.3. The number of aryl methyl sites for hydroxylation is 2. The van der Waals surface area contributed by atoms with E-state index in [1.165, 1.54) is 11.3 Å². The Kier molecular flexibility index (Phi) is 3.27. The van der Waals surface area contributed by atoms with Gasteiger partial charge in [-0.3, -0.25) is 4.79 Å². The van der Waals surface area contributed by atoms with E-state index >= 15 is 0 Å². The maximum Gasteiger partial charge on any atom is 0.290 e. The van der Waals surface area contributed by atoms with Crippen molar-refractivity contribution in [3.8, 4) is 0 Å². The molecule has 104 valence electrons. The smallest absolute Gasteiger partial charge is 0.290 e. The summed E-state index contributed by atoms with van der Waals surface area (Å²) in [5, 5.41) is 1.02. The van der Waals surface area contributed by atoms with Gasteiger partial charge in [0.15, 0.2) is 0 Å². The van der Waals surface area contributed by atoms with Gasteiger partial charge in [-0.2, -0.15) is 4.98 Å². The van der Waals surface area contributed by atoms with Crippen molar-refractivity contribution < 1.29 is 4.74 Å². The average Bonchev–Trinajstić information content (AvgIpc) is 2.78. The van der Waals surface area contributed by atoms with Crippen molar-refractivity contribution in [2.45, 2.75) is 27.5 Å². The number of nitrogens with zero attached hydrogens (tertiary/aromatic N) is 3. The van der Waals surface area contributed by atoms with Gasteiger partial charge < -0.3 is 9.30 Å². The van der Waals surface area contributed by atoms with Crippen LogP contribution in [0.15, 0.2) is 17.2 Å². The molecular formula is C14H15N3O2S. The monoisotopic (exact) mass is 289 g/mol. The van der Waals surface area contributed by atoms with Crippen LogP contribution in [0.25, 0.3) is 20.4 Å². The predicted octanol–water partition coefficient (Wildman–Crippen LogP) is 2.62. The van der Waals surface area contributed by atoms with Gasteiger partial charge in [0.05, 0.1) is 5.52 Å². The van der Waals surface area contributed by atoms with Crippen LogP contribution in [-0.4, -0.2) is 21.1 Å². The van der Waals surface area contributed by atoms with Crippen LogP contribution in [0.2, 0.25) is 0 Å². The number of hydrogen-bond acceptors (Lipinski definition) is 5. The Morgan fingerprint density at radius 1 is 1.40 bits per heavy atom. The second kappa shape index (κ2) is 4.96. The van der Waals surface area contributed by atoms with Crippen LogP contribution in [0.1, 0.15) is 18.2 Å². The standard InChI is InChI=1S/C14H15N3O2S/c1-4-19-7-17-6-15-13(18)12-11(17)10-8(2)5-9(3)16-14(10)20-12/h5-6H,4,7H2,1-3H3. The van der Waals surface area contributed by atoms with Gasteiger partial charge in [-0.15, -0.1) is 11.3 Å². The molecule has 5 nitrogen and oxygen atoms in total. The summed E-state index contributed by atoms with van der Waals surface area (Å²) in [5.74, 6) is 0. The molecule has 6 heteroatoms. The fourth-order valence-electron chi connectivity index (χ4n) is 2.37. The minimum absolute atomic E-state index is 0.201. The fourth-order valence-corrected chi connectivity index (χ4v) is 3.57. The molecule has 0 N–H and O–H groups in total. The third-order valence-corrected chi connectivity index (χ3v) is 4.25. The maximum absolute atomic E-state index is 12.0. The first-order chi connectivity index (χ1) is 9.61. The number of hydrogen-bond donors (Lipinski definition) is 0. The minimum atomic E-state index is -0.201. The molecule has 3 aromatic rings. The van der Waals surface area contributed by atoms with Crippen LogP contribution >= 0.6 is 11.3 Å². The third-order valence-electron chi connectivity index (χ3n) is 3.19. The summed E-state index contributed by atoms with van der Waals surface area (Å²) < 4.78 is 7.97. The van der Waals surface area contributed by atoms with E-state index in [9.17, 15) is 4.79 Å². The van der Waals surface area contributed by atoms with Gasteiger partial charge in [0.2, 0.25) is 0 Å². The van der Waals surface area contributed by atoms with E-state index in [1.54, 1.807) is 6.33 Å². The molecule has 0 amide bonds. The maximum atomic E-state index is 12.0. The molecule has 0 atom stereocenters. The quantitative estimate of drug-likeness (QED) is 0.743. The lowest BCUT2D eigenvalue weighted by atomic mass is 10.1. The van der Waals surface area contributed by atoms with Crippen LogP contribution in [0.5, 0.6) is 0 Å². The van der Waals surface area contributed by atoms with Crippen LogP contribution in [0.4, 0.5) is 0 Å². The Bertz CT molecular complexity index is 851. The van der Waals surface area contributed by atoms with E-state index in [1.807, 2.05) is 31.4 Å². The van der Waals surface area contributed by atoms with Crippen molar-refractivity contribution >= 4 is 31.8 Å². The zero-order chi connectivity index (χ0) is 14.3. The lowest BCUT2D eigenvalue weighted by Crippen LogP contribution is -2.12. The third kappa shape index (κ3) is 2.01. The Morgan fingerprint density at radius 3 is 2.95 bits per heavy atom. The Morgan fingerprint density at radius 2 is 2.20 bits per heavy atom. The molecule has 0 saturated carbocycles. The van der Waals surface area contributed by atoms with Gasteiger partial charge in [0, 0.05) is 17.7 Å². The second-order valence-electron chi connectivity index (χ2n) is 4.68. The first-order valence-corrected chi connectivity index (χ1v) is 7.27. The first kappa shape index (κ1) is 13.2. The molecule has 0 unspecified atom stereocenters. The highest BCUT2D eigenvalue weighted by atomic mass is 32.1. The number of ether oxygens (including phenoxy) is 1. The SMILES string of the molecule is CCOCn1cnc(=O)c2sc3nc(C)cc(C)c3c21. The van der Waals surface area contributed by atoms with E-state index in [-0.39, 0.29) is 5.56 Å². The highest BCUT2D eigenvalue weighted by molar-refractivity contribution is 7.25.